The van der Waals surface area contributed by atoms with E-state index >= 15 is 0 Å². The zero-order valence-electron chi connectivity index (χ0n) is 13.0. The van der Waals surface area contributed by atoms with Crippen LogP contribution in [0.3, 0.4) is 0 Å². The minimum Gasteiger partial charge on any atom is -0.477 e. The fourth-order valence-corrected chi connectivity index (χ4v) is 5.23. The van der Waals surface area contributed by atoms with Crippen LogP contribution in [0.5, 0.6) is 0 Å². The van der Waals surface area contributed by atoms with Gasteiger partial charge in [-0.2, -0.15) is 0 Å². The third kappa shape index (κ3) is 3.31. The molecular formula is C15H21N3O3S2. The Kier molecular flexibility index (Phi) is 5.05. The van der Waals surface area contributed by atoms with E-state index in [0.717, 1.165) is 25.9 Å². The number of amides is 1. The zero-order valence-corrected chi connectivity index (χ0v) is 14.6. The van der Waals surface area contributed by atoms with E-state index in [1.807, 2.05) is 11.5 Å². The third-order valence-electron chi connectivity index (χ3n) is 4.45. The summed E-state index contributed by atoms with van der Waals surface area (Å²) >= 11 is 3.29. The summed E-state index contributed by atoms with van der Waals surface area (Å²) in [7, 11) is 2.13. The van der Waals surface area contributed by atoms with E-state index in [1.165, 1.54) is 16.7 Å². The number of carboxylic acids is 1. The number of hydrogen-bond acceptors (Lipinski definition) is 6. The molecule has 23 heavy (non-hydrogen) atoms. The second-order valence-corrected chi connectivity index (χ2v) is 8.37. The number of likely N-dealkylation sites (tertiary alicyclic amines) is 1. The Morgan fingerprint density at radius 3 is 2.78 bits per heavy atom. The van der Waals surface area contributed by atoms with Crippen LogP contribution in [0.25, 0.3) is 0 Å². The van der Waals surface area contributed by atoms with E-state index in [4.69, 9.17) is 5.73 Å². The molecule has 2 atom stereocenters. The Morgan fingerprint density at radius 2 is 2.13 bits per heavy atom. The Labute approximate surface area is 144 Å². The highest BCUT2D eigenvalue weighted by atomic mass is 32.2. The molecule has 0 radical (unpaired) electrons. The molecule has 0 aromatic carbocycles. The second kappa shape index (κ2) is 6.88. The summed E-state index contributed by atoms with van der Waals surface area (Å²) in [5, 5.41) is 11.8. The largest absolute Gasteiger partial charge is 0.477 e. The number of thioether (sulfide) groups is 2. The Bertz CT molecular complexity index is 570. The van der Waals surface area contributed by atoms with Crippen LogP contribution in [0, 0.1) is 0 Å². The molecule has 6 nitrogen and oxygen atoms in total. The van der Waals surface area contributed by atoms with Gasteiger partial charge in [-0.05, 0) is 50.0 Å². The SMILES string of the molecule is CN1CCC(SC=CC2=C(C(=O)O)N3C(=O)[C@@H](N)[C@H]3SC2)CC1. The number of carbonyl (C=O) groups excluding carboxylic acids is 1. The van der Waals surface area contributed by atoms with Gasteiger partial charge in [-0.15, -0.1) is 23.5 Å². The average molecular weight is 355 g/mol. The fourth-order valence-electron chi connectivity index (χ4n) is 3.02. The van der Waals surface area contributed by atoms with E-state index in [2.05, 4.69) is 11.9 Å². The Morgan fingerprint density at radius 1 is 1.43 bits per heavy atom. The van der Waals surface area contributed by atoms with Crippen LogP contribution in [-0.2, 0) is 9.59 Å². The van der Waals surface area contributed by atoms with Crippen molar-refractivity contribution < 1.29 is 14.7 Å². The van der Waals surface area contributed by atoms with Crippen LogP contribution >= 0.6 is 23.5 Å². The van der Waals surface area contributed by atoms with Crippen LogP contribution < -0.4 is 5.73 Å². The number of hydrogen-bond donors (Lipinski definition) is 2. The number of nitrogens with zero attached hydrogens (tertiary/aromatic N) is 2. The molecule has 0 aromatic rings. The number of carbonyl (C=O) groups is 2. The van der Waals surface area contributed by atoms with Gasteiger partial charge < -0.3 is 15.7 Å². The standard InChI is InChI=1S/C15H21N3O3S2/c1-17-5-2-10(3-6-17)22-7-4-9-8-23-14-11(16)13(19)18(14)12(9)15(20)21/h4,7,10-11,14H,2-3,5-6,8,16H2,1H3,(H,20,21)/t11-,14-/m1/s1. The van der Waals surface area contributed by atoms with Crippen LogP contribution in [0.1, 0.15) is 12.8 Å². The summed E-state index contributed by atoms with van der Waals surface area (Å²) in [5.41, 5.74) is 6.53. The topological polar surface area (TPSA) is 86.9 Å². The molecule has 3 aliphatic heterocycles. The van der Waals surface area contributed by atoms with Gasteiger partial charge in [0.1, 0.15) is 17.1 Å². The van der Waals surface area contributed by atoms with Crippen molar-refractivity contribution in [3.8, 4) is 0 Å². The Hall–Kier alpha value is -0.960. The lowest BCUT2D eigenvalue weighted by Gasteiger charge is -2.47. The highest BCUT2D eigenvalue weighted by molar-refractivity contribution is 8.02. The lowest BCUT2D eigenvalue weighted by Crippen LogP contribution is -2.68. The van der Waals surface area contributed by atoms with E-state index in [9.17, 15) is 14.7 Å². The predicted molar refractivity (Wildman–Crippen MR) is 93.0 cm³/mol. The summed E-state index contributed by atoms with van der Waals surface area (Å²) in [6.45, 7) is 2.21. The molecule has 3 heterocycles. The quantitative estimate of drug-likeness (QED) is 0.725. The molecule has 2 saturated heterocycles. The van der Waals surface area contributed by atoms with Gasteiger partial charge in [-0.3, -0.25) is 9.69 Å². The van der Waals surface area contributed by atoms with Crippen molar-refractivity contribution >= 4 is 35.4 Å². The number of carboxylic acid groups (broad SMARTS) is 1. The number of β-lactam (4-membered cyclic amide) rings is 1. The van der Waals surface area contributed by atoms with Crippen LogP contribution in [0.4, 0.5) is 0 Å². The minimum absolute atomic E-state index is 0.0978. The summed E-state index contributed by atoms with van der Waals surface area (Å²) in [5.74, 6) is -0.776. The van der Waals surface area contributed by atoms with Crippen molar-refractivity contribution in [3.05, 3.63) is 22.8 Å². The summed E-state index contributed by atoms with van der Waals surface area (Å²) in [6, 6.07) is -0.575. The summed E-state index contributed by atoms with van der Waals surface area (Å²) in [6.07, 6.45) is 4.14. The van der Waals surface area contributed by atoms with Crippen molar-refractivity contribution in [1.82, 2.24) is 9.80 Å². The number of nitrogens with two attached hydrogens (primary N) is 1. The minimum atomic E-state index is -1.06. The van der Waals surface area contributed by atoms with Crippen molar-refractivity contribution in [1.29, 1.82) is 0 Å². The molecule has 3 rings (SSSR count). The maximum Gasteiger partial charge on any atom is 0.352 e. The second-order valence-electron chi connectivity index (χ2n) is 6.06. The molecule has 2 fully saturated rings. The lowest BCUT2D eigenvalue weighted by atomic mass is 10.0. The molecule has 0 unspecified atom stereocenters. The molecule has 8 heteroatoms. The van der Waals surface area contributed by atoms with Gasteiger partial charge in [0.25, 0.3) is 0 Å². The van der Waals surface area contributed by atoms with Gasteiger partial charge in [-0.1, -0.05) is 0 Å². The number of fused-ring (bicyclic) bond motifs is 1. The van der Waals surface area contributed by atoms with Gasteiger partial charge in [0, 0.05) is 11.0 Å². The molecule has 1 amide bonds. The maximum atomic E-state index is 11.9. The van der Waals surface area contributed by atoms with Crippen LogP contribution in [0.2, 0.25) is 0 Å². The first-order chi connectivity index (χ1) is 11.0. The first kappa shape index (κ1) is 16.9. The number of piperidine rings is 1. The van der Waals surface area contributed by atoms with Gasteiger partial charge in [0.15, 0.2) is 0 Å². The van der Waals surface area contributed by atoms with Crippen molar-refractivity contribution in [2.45, 2.75) is 29.5 Å². The fraction of sp³-hybridized carbons (Fsp3) is 0.600. The number of aliphatic carboxylic acids is 1. The molecule has 126 valence electrons. The van der Waals surface area contributed by atoms with Crippen molar-refractivity contribution in [2.75, 3.05) is 25.9 Å². The normalized spacial score (nSPS) is 29.8. The highest BCUT2D eigenvalue weighted by Gasteiger charge is 2.51. The van der Waals surface area contributed by atoms with Gasteiger partial charge in [0.05, 0.1) is 0 Å². The molecule has 0 spiro atoms. The molecule has 0 aromatic heterocycles. The highest BCUT2D eigenvalue weighted by Crippen LogP contribution is 2.40. The molecule has 3 N–H and O–H groups in total. The van der Waals surface area contributed by atoms with Gasteiger partial charge in [0.2, 0.25) is 5.91 Å². The van der Waals surface area contributed by atoms with Crippen molar-refractivity contribution in [3.63, 3.8) is 0 Å². The average Bonchev–Trinajstić information content (AvgIpc) is 2.55. The maximum absolute atomic E-state index is 11.9. The third-order valence-corrected chi connectivity index (χ3v) is 6.92. The van der Waals surface area contributed by atoms with E-state index in [-0.39, 0.29) is 17.0 Å². The van der Waals surface area contributed by atoms with Crippen molar-refractivity contribution in [2.24, 2.45) is 5.73 Å². The Balaban J connectivity index is 1.68. The molecular weight excluding hydrogens is 334 g/mol. The number of rotatable bonds is 4. The van der Waals surface area contributed by atoms with Gasteiger partial charge in [-0.25, -0.2) is 4.79 Å². The zero-order chi connectivity index (χ0) is 16.6. The number of allylic oxidation sites excluding steroid dienone is 1. The predicted octanol–water partition coefficient (Wildman–Crippen LogP) is 0.909. The first-order valence-corrected chi connectivity index (χ1v) is 9.65. The monoisotopic (exact) mass is 355 g/mol. The van der Waals surface area contributed by atoms with Crippen LogP contribution in [0.15, 0.2) is 22.8 Å². The molecule has 3 aliphatic rings. The van der Waals surface area contributed by atoms with E-state index < -0.39 is 12.0 Å². The smallest absolute Gasteiger partial charge is 0.352 e. The summed E-state index contributed by atoms with van der Waals surface area (Å²) < 4.78 is 0. The summed E-state index contributed by atoms with van der Waals surface area (Å²) in [4.78, 5) is 27.1. The lowest BCUT2D eigenvalue weighted by molar-refractivity contribution is -0.147. The first-order valence-electron chi connectivity index (χ1n) is 7.66. The molecule has 0 bridgehead atoms. The molecule has 0 aliphatic carbocycles. The van der Waals surface area contributed by atoms with Crippen LogP contribution in [-0.4, -0.2) is 69.3 Å². The molecule has 0 saturated carbocycles. The van der Waals surface area contributed by atoms with E-state index in [0.29, 0.717) is 16.6 Å². The van der Waals surface area contributed by atoms with Gasteiger partial charge >= 0.3 is 5.97 Å². The van der Waals surface area contributed by atoms with E-state index in [1.54, 1.807) is 11.8 Å².